The minimum absolute atomic E-state index is 0.484. The molecule has 0 fully saturated rings. The fourth-order valence-electron chi connectivity index (χ4n) is 2.31. The van der Waals surface area contributed by atoms with Crippen molar-refractivity contribution < 1.29 is 8.81 Å². The molecule has 0 atom stereocenters. The number of nitrogens with one attached hydrogen (secondary N) is 1. The number of halogens is 1. The highest BCUT2D eigenvalue weighted by atomic mass is 19.1. The highest BCUT2D eigenvalue weighted by Crippen LogP contribution is 2.26. The monoisotopic (exact) mass is 270 g/mol. The Bertz CT molecular complexity index is 736. The topological polar surface area (TPSA) is 38.1 Å². The summed E-state index contributed by atoms with van der Waals surface area (Å²) in [6.45, 7) is 2.62. The van der Waals surface area contributed by atoms with Crippen LogP contribution in [-0.2, 0) is 13.0 Å². The lowest BCUT2D eigenvalue weighted by Crippen LogP contribution is -2.03. The number of anilines is 1. The second-order valence-corrected chi connectivity index (χ2v) is 4.55. The second-order valence-electron chi connectivity index (χ2n) is 4.55. The van der Waals surface area contributed by atoms with Gasteiger partial charge in [0.1, 0.15) is 17.2 Å². The zero-order valence-electron chi connectivity index (χ0n) is 11.2. The van der Waals surface area contributed by atoms with Crippen LogP contribution >= 0.6 is 0 Å². The molecule has 0 aliphatic rings. The van der Waals surface area contributed by atoms with Crippen LogP contribution in [0.5, 0.6) is 0 Å². The first-order valence-corrected chi connectivity index (χ1v) is 6.63. The van der Waals surface area contributed by atoms with Gasteiger partial charge in [0.25, 0.3) is 0 Å². The van der Waals surface area contributed by atoms with Crippen LogP contribution in [0.2, 0.25) is 0 Å². The highest BCUT2D eigenvalue weighted by Gasteiger charge is 2.12. The van der Waals surface area contributed by atoms with Crippen LogP contribution in [0, 0.1) is 5.95 Å². The third-order valence-electron chi connectivity index (χ3n) is 3.26. The Morgan fingerprint density at radius 1 is 1.15 bits per heavy atom. The molecule has 0 aliphatic carbocycles. The molecule has 3 nitrogen and oxygen atoms in total. The van der Waals surface area contributed by atoms with Gasteiger partial charge in [-0.25, -0.2) is 4.98 Å². The third kappa shape index (κ3) is 2.37. The van der Waals surface area contributed by atoms with Crippen molar-refractivity contribution in [2.75, 3.05) is 5.32 Å². The van der Waals surface area contributed by atoms with Gasteiger partial charge >= 0.3 is 0 Å². The maximum absolute atomic E-state index is 13.1. The number of nitrogens with zero attached hydrogens (tertiary/aromatic N) is 1. The van der Waals surface area contributed by atoms with Crippen molar-refractivity contribution >= 4 is 16.8 Å². The molecule has 0 aliphatic heterocycles. The molecule has 20 heavy (non-hydrogen) atoms. The first kappa shape index (κ1) is 12.7. The molecule has 102 valence electrons. The van der Waals surface area contributed by atoms with Gasteiger partial charge in [0.05, 0.1) is 0 Å². The van der Waals surface area contributed by atoms with Crippen molar-refractivity contribution in [3.05, 3.63) is 59.7 Å². The molecule has 0 bridgehead atoms. The van der Waals surface area contributed by atoms with Gasteiger partial charge in [-0.05, 0) is 18.2 Å². The number of benzene rings is 1. The van der Waals surface area contributed by atoms with Crippen LogP contribution < -0.4 is 5.32 Å². The van der Waals surface area contributed by atoms with Crippen molar-refractivity contribution in [2.24, 2.45) is 0 Å². The number of hydrogen-bond acceptors (Lipinski definition) is 3. The molecule has 0 saturated carbocycles. The molecule has 4 heteroatoms. The summed E-state index contributed by atoms with van der Waals surface area (Å²) in [6.07, 6.45) is 0.822. The van der Waals surface area contributed by atoms with Crippen LogP contribution in [-0.4, -0.2) is 4.98 Å². The predicted octanol–water partition coefficient (Wildman–Crippen LogP) is 4.14. The van der Waals surface area contributed by atoms with Gasteiger partial charge in [-0.3, -0.25) is 0 Å². The van der Waals surface area contributed by atoms with E-state index in [0.717, 1.165) is 28.7 Å². The smallest absolute Gasteiger partial charge is 0.214 e. The summed E-state index contributed by atoms with van der Waals surface area (Å²) in [6, 6.07) is 12.6. The normalized spacial score (nSPS) is 10.9. The van der Waals surface area contributed by atoms with E-state index in [-0.39, 0.29) is 0 Å². The van der Waals surface area contributed by atoms with E-state index in [1.807, 2.05) is 24.3 Å². The quantitative estimate of drug-likeness (QED) is 0.724. The van der Waals surface area contributed by atoms with Crippen LogP contribution in [0.4, 0.5) is 10.2 Å². The third-order valence-corrected chi connectivity index (χ3v) is 3.26. The number of furan rings is 1. The molecule has 3 rings (SSSR count). The SMILES string of the molecule is CCc1oc2ccccc2c1CNc1cccc(F)n1. The van der Waals surface area contributed by atoms with Crippen molar-refractivity contribution in [3.63, 3.8) is 0 Å². The number of hydrogen-bond donors (Lipinski definition) is 1. The van der Waals surface area contributed by atoms with E-state index >= 15 is 0 Å². The van der Waals surface area contributed by atoms with Crippen LogP contribution in [0.15, 0.2) is 46.9 Å². The molecule has 3 aromatic rings. The molecule has 0 saturated heterocycles. The number of aromatic nitrogens is 1. The second kappa shape index (κ2) is 5.33. The molecule has 0 unspecified atom stereocenters. The number of aryl methyl sites for hydroxylation is 1. The summed E-state index contributed by atoms with van der Waals surface area (Å²) in [5.41, 5.74) is 1.99. The number of pyridine rings is 1. The van der Waals surface area contributed by atoms with E-state index in [0.29, 0.717) is 12.4 Å². The molecule has 0 amide bonds. The Labute approximate surface area is 116 Å². The summed E-state index contributed by atoms with van der Waals surface area (Å²) in [7, 11) is 0. The molecule has 2 heterocycles. The van der Waals surface area contributed by atoms with E-state index in [1.54, 1.807) is 12.1 Å². The van der Waals surface area contributed by atoms with Crippen molar-refractivity contribution in [3.8, 4) is 0 Å². The highest BCUT2D eigenvalue weighted by molar-refractivity contribution is 5.82. The lowest BCUT2D eigenvalue weighted by atomic mass is 10.1. The first-order chi connectivity index (χ1) is 9.78. The van der Waals surface area contributed by atoms with Crippen molar-refractivity contribution in [2.45, 2.75) is 19.9 Å². The van der Waals surface area contributed by atoms with Gasteiger partial charge in [0.15, 0.2) is 0 Å². The molecular formula is C16H15FN2O. The Balaban J connectivity index is 1.90. The van der Waals surface area contributed by atoms with Crippen molar-refractivity contribution in [1.82, 2.24) is 4.98 Å². The number of fused-ring (bicyclic) bond motifs is 1. The Kier molecular flexibility index (Phi) is 3.37. The molecule has 1 aromatic carbocycles. The fraction of sp³-hybridized carbons (Fsp3) is 0.188. The minimum atomic E-state index is -0.484. The summed E-state index contributed by atoms with van der Waals surface area (Å²) >= 11 is 0. The number of rotatable bonds is 4. The molecular weight excluding hydrogens is 255 g/mol. The van der Waals surface area contributed by atoms with Gasteiger partial charge in [0, 0.05) is 23.9 Å². The van der Waals surface area contributed by atoms with Crippen LogP contribution in [0.1, 0.15) is 18.2 Å². The Morgan fingerprint density at radius 2 is 2.00 bits per heavy atom. The maximum atomic E-state index is 13.1. The van der Waals surface area contributed by atoms with Gasteiger partial charge in [-0.15, -0.1) is 0 Å². The molecule has 2 aromatic heterocycles. The lowest BCUT2D eigenvalue weighted by molar-refractivity contribution is 0.551. The van der Waals surface area contributed by atoms with E-state index in [9.17, 15) is 4.39 Å². The Hall–Kier alpha value is -2.36. The zero-order valence-corrected chi connectivity index (χ0v) is 11.2. The minimum Gasteiger partial charge on any atom is -0.461 e. The van der Waals surface area contributed by atoms with Crippen molar-refractivity contribution in [1.29, 1.82) is 0 Å². The van der Waals surface area contributed by atoms with E-state index in [4.69, 9.17) is 4.42 Å². The fourth-order valence-corrected chi connectivity index (χ4v) is 2.31. The average Bonchev–Trinajstić information content (AvgIpc) is 2.83. The van der Waals surface area contributed by atoms with Gasteiger partial charge < -0.3 is 9.73 Å². The molecule has 0 radical (unpaired) electrons. The summed E-state index contributed by atoms with van der Waals surface area (Å²) < 4.78 is 18.9. The largest absolute Gasteiger partial charge is 0.461 e. The van der Waals surface area contributed by atoms with E-state index in [2.05, 4.69) is 17.2 Å². The number of para-hydroxylation sites is 1. The Morgan fingerprint density at radius 3 is 2.80 bits per heavy atom. The predicted molar refractivity (Wildman–Crippen MR) is 77.1 cm³/mol. The van der Waals surface area contributed by atoms with Gasteiger partial charge in [0.2, 0.25) is 5.95 Å². The zero-order chi connectivity index (χ0) is 13.9. The van der Waals surface area contributed by atoms with E-state index in [1.165, 1.54) is 6.07 Å². The summed E-state index contributed by atoms with van der Waals surface area (Å²) in [5, 5.41) is 4.23. The summed E-state index contributed by atoms with van der Waals surface area (Å²) in [5.74, 6) is 0.996. The van der Waals surface area contributed by atoms with Crippen LogP contribution in [0.25, 0.3) is 11.0 Å². The average molecular weight is 270 g/mol. The van der Waals surface area contributed by atoms with Gasteiger partial charge in [-0.1, -0.05) is 31.2 Å². The van der Waals surface area contributed by atoms with E-state index < -0.39 is 5.95 Å². The molecule has 1 N–H and O–H groups in total. The summed E-state index contributed by atoms with van der Waals surface area (Å²) in [4.78, 5) is 3.80. The maximum Gasteiger partial charge on any atom is 0.214 e. The standard InChI is InChI=1S/C16H15FN2O/c1-2-13-12(11-6-3-4-7-14(11)20-13)10-18-16-9-5-8-15(17)19-16/h3-9H,2,10H2,1H3,(H,18,19). The van der Waals surface area contributed by atoms with Gasteiger partial charge in [-0.2, -0.15) is 4.39 Å². The lowest BCUT2D eigenvalue weighted by Gasteiger charge is -2.05. The van der Waals surface area contributed by atoms with Crippen LogP contribution in [0.3, 0.4) is 0 Å². The molecule has 0 spiro atoms. The first-order valence-electron chi connectivity index (χ1n) is 6.63.